The Balaban J connectivity index is 1.16. The van der Waals surface area contributed by atoms with Gasteiger partial charge in [-0.15, -0.1) is 0 Å². The molecule has 5 N–H and O–H groups in total. The SMILES string of the molecule is CCOC([C@@H]1C[C@@H](C)[C@H]2C(O1)[C@H](O)[C@@]1(N)C3CC[C@H]4C(C)(C)C(O[C@H]5CNCCO5)CCC45CC35CCC21C)C(C)(C)O. The van der Waals surface area contributed by atoms with Crippen LogP contribution in [0.5, 0.6) is 0 Å². The van der Waals surface area contributed by atoms with E-state index in [2.05, 4.69) is 33.0 Å². The lowest BCUT2D eigenvalue weighted by Gasteiger charge is -2.63. The third-order valence-electron chi connectivity index (χ3n) is 14.8. The molecular weight excluding hydrogens is 544 g/mol. The summed E-state index contributed by atoms with van der Waals surface area (Å²) < 4.78 is 25.6. The highest BCUT2D eigenvalue weighted by molar-refractivity contribution is 5.35. The monoisotopic (exact) mass is 604 g/mol. The Morgan fingerprint density at radius 1 is 1.07 bits per heavy atom. The van der Waals surface area contributed by atoms with Crippen LogP contribution in [-0.2, 0) is 18.9 Å². The number of morpholine rings is 1. The minimum absolute atomic E-state index is 0.0640. The van der Waals surface area contributed by atoms with E-state index < -0.39 is 23.3 Å². The fraction of sp³-hybridized carbons (Fsp3) is 1.00. The van der Waals surface area contributed by atoms with Crippen LogP contribution in [0, 0.1) is 45.3 Å². The highest BCUT2D eigenvalue weighted by Gasteiger charge is 2.85. The van der Waals surface area contributed by atoms with Crippen LogP contribution in [0.1, 0.15) is 99.8 Å². The molecule has 0 aromatic carbocycles. The fourth-order valence-electron chi connectivity index (χ4n) is 13.1. The summed E-state index contributed by atoms with van der Waals surface area (Å²) in [6.07, 6.45) is 7.05. The summed E-state index contributed by atoms with van der Waals surface area (Å²) in [6.45, 7) is 18.1. The van der Waals surface area contributed by atoms with E-state index in [0.29, 0.717) is 36.4 Å². The van der Waals surface area contributed by atoms with Crippen molar-refractivity contribution in [2.24, 2.45) is 51.1 Å². The maximum absolute atomic E-state index is 12.4. The Kier molecular flexibility index (Phi) is 7.34. The Morgan fingerprint density at radius 2 is 1.79 bits per heavy atom. The molecule has 14 atom stereocenters. The Morgan fingerprint density at radius 3 is 2.47 bits per heavy atom. The van der Waals surface area contributed by atoms with Gasteiger partial charge in [-0.25, -0.2) is 0 Å². The van der Waals surface area contributed by atoms with Gasteiger partial charge in [0.1, 0.15) is 6.10 Å². The quantitative estimate of drug-likeness (QED) is 0.360. The topological polar surface area (TPSA) is 115 Å². The van der Waals surface area contributed by atoms with Gasteiger partial charge in [0.25, 0.3) is 0 Å². The molecule has 0 radical (unpaired) electrons. The van der Waals surface area contributed by atoms with Gasteiger partial charge >= 0.3 is 0 Å². The lowest BCUT2D eigenvalue weighted by atomic mass is 9.43. The first-order valence-electron chi connectivity index (χ1n) is 17.6. The van der Waals surface area contributed by atoms with Crippen molar-refractivity contribution < 1.29 is 29.2 Å². The third kappa shape index (κ3) is 4.09. The molecule has 7 rings (SSSR count). The van der Waals surface area contributed by atoms with Crippen LogP contribution in [0.15, 0.2) is 0 Å². The van der Waals surface area contributed by atoms with Crippen LogP contribution < -0.4 is 11.1 Å². The van der Waals surface area contributed by atoms with E-state index in [0.717, 1.165) is 45.2 Å². The normalized spacial score (nSPS) is 54.4. The average Bonchev–Trinajstić information content (AvgIpc) is 3.58. The average molecular weight is 605 g/mol. The van der Waals surface area contributed by atoms with Gasteiger partial charge < -0.3 is 40.2 Å². The molecule has 7 unspecified atom stereocenters. The van der Waals surface area contributed by atoms with Crippen molar-refractivity contribution in [1.29, 1.82) is 0 Å². The van der Waals surface area contributed by atoms with Gasteiger partial charge in [0.15, 0.2) is 6.29 Å². The largest absolute Gasteiger partial charge is 0.388 e. The van der Waals surface area contributed by atoms with Gasteiger partial charge in [0.05, 0.1) is 42.2 Å². The maximum Gasteiger partial charge on any atom is 0.170 e. The van der Waals surface area contributed by atoms with Crippen molar-refractivity contribution in [2.75, 3.05) is 26.3 Å². The van der Waals surface area contributed by atoms with Crippen LogP contribution in [-0.4, -0.2) is 84.5 Å². The van der Waals surface area contributed by atoms with Gasteiger partial charge in [-0.1, -0.05) is 27.7 Å². The van der Waals surface area contributed by atoms with Crippen molar-refractivity contribution >= 4 is 0 Å². The molecule has 2 spiro atoms. The lowest BCUT2D eigenvalue weighted by Crippen LogP contribution is -2.70. The van der Waals surface area contributed by atoms with Crippen molar-refractivity contribution in [3.8, 4) is 0 Å². The van der Waals surface area contributed by atoms with E-state index in [9.17, 15) is 10.2 Å². The van der Waals surface area contributed by atoms with Crippen LogP contribution in [0.25, 0.3) is 0 Å². The Bertz CT molecular complexity index is 1080. The molecule has 5 saturated carbocycles. The van der Waals surface area contributed by atoms with Gasteiger partial charge in [0.2, 0.25) is 0 Å². The van der Waals surface area contributed by atoms with E-state index >= 15 is 0 Å². The molecule has 2 saturated heterocycles. The molecular formula is C35H60N2O6. The number of rotatable bonds is 6. The molecule has 0 aromatic heterocycles. The van der Waals surface area contributed by atoms with E-state index in [4.69, 9.17) is 24.7 Å². The molecule has 5 aliphatic carbocycles. The predicted molar refractivity (Wildman–Crippen MR) is 164 cm³/mol. The number of hydrogen-bond acceptors (Lipinski definition) is 8. The van der Waals surface area contributed by atoms with Crippen LogP contribution in [0.2, 0.25) is 0 Å². The standard InChI is InChI=1S/C35H60N2O6/c1-8-40-29(31(5,6)39)21-17-20(2)26-27(42-21)28(38)35(36)23-10-9-22-30(3,4)24(43-25-18-37-15-16-41-25)11-12-33(22)19-34(23,33)14-13-32(26,35)7/h20-29,37-39H,8-19,36H2,1-7H3/t20-,21+,22+,23?,24?,25+,26+,27?,28+,29?,32?,33?,34?,35+/m1/s1. The van der Waals surface area contributed by atoms with Crippen molar-refractivity contribution in [3.05, 3.63) is 0 Å². The summed E-state index contributed by atoms with van der Waals surface area (Å²) in [4.78, 5) is 0. The molecule has 7 aliphatic rings. The van der Waals surface area contributed by atoms with E-state index in [1.54, 1.807) is 13.8 Å². The summed E-state index contributed by atoms with van der Waals surface area (Å²) >= 11 is 0. The number of aliphatic hydroxyl groups is 2. The van der Waals surface area contributed by atoms with Crippen molar-refractivity contribution in [2.45, 2.75) is 148 Å². The first-order valence-corrected chi connectivity index (χ1v) is 17.6. The number of nitrogens with one attached hydrogen (secondary N) is 1. The molecule has 8 nitrogen and oxygen atoms in total. The van der Waals surface area contributed by atoms with Crippen molar-refractivity contribution in [1.82, 2.24) is 5.32 Å². The van der Waals surface area contributed by atoms with Crippen LogP contribution >= 0.6 is 0 Å². The molecule has 2 heterocycles. The fourth-order valence-corrected chi connectivity index (χ4v) is 13.1. The molecule has 0 aromatic rings. The molecule has 0 amide bonds. The molecule has 43 heavy (non-hydrogen) atoms. The van der Waals surface area contributed by atoms with E-state index in [1.807, 2.05) is 6.92 Å². The molecule has 2 aliphatic heterocycles. The molecule has 7 fully saturated rings. The zero-order valence-corrected chi connectivity index (χ0v) is 27.9. The first kappa shape index (κ1) is 31.3. The van der Waals surface area contributed by atoms with Gasteiger partial charge in [-0.3, -0.25) is 0 Å². The minimum Gasteiger partial charge on any atom is -0.388 e. The second kappa shape index (κ2) is 10.1. The van der Waals surface area contributed by atoms with Gasteiger partial charge in [-0.2, -0.15) is 0 Å². The zero-order chi connectivity index (χ0) is 30.8. The summed E-state index contributed by atoms with van der Waals surface area (Å²) in [5.41, 5.74) is 6.42. The Hall–Kier alpha value is -0.320. The van der Waals surface area contributed by atoms with Gasteiger partial charge in [0, 0.05) is 19.7 Å². The first-order chi connectivity index (χ1) is 20.2. The van der Waals surface area contributed by atoms with Crippen molar-refractivity contribution in [3.63, 3.8) is 0 Å². The van der Waals surface area contributed by atoms with E-state index in [1.165, 1.54) is 19.3 Å². The van der Waals surface area contributed by atoms with Crippen LogP contribution in [0.3, 0.4) is 0 Å². The Labute approximate surface area is 259 Å². The third-order valence-corrected chi connectivity index (χ3v) is 14.8. The van der Waals surface area contributed by atoms with E-state index in [-0.39, 0.29) is 46.8 Å². The second-order valence-electron chi connectivity index (χ2n) is 17.4. The van der Waals surface area contributed by atoms with Gasteiger partial charge in [-0.05, 0) is 117 Å². The maximum atomic E-state index is 12.4. The number of fused-ring (bicyclic) bond motifs is 4. The highest BCUT2D eigenvalue weighted by Crippen LogP contribution is 2.87. The molecule has 246 valence electrons. The summed E-state index contributed by atoms with van der Waals surface area (Å²) in [7, 11) is 0. The highest BCUT2D eigenvalue weighted by atomic mass is 16.7. The zero-order valence-electron chi connectivity index (χ0n) is 27.9. The minimum atomic E-state index is -1.04. The number of aliphatic hydroxyl groups excluding tert-OH is 1. The second-order valence-corrected chi connectivity index (χ2v) is 17.4. The number of nitrogens with two attached hydrogens (primary N) is 1. The summed E-state index contributed by atoms with van der Waals surface area (Å²) in [5.74, 6) is 1.41. The summed E-state index contributed by atoms with van der Waals surface area (Å²) in [5, 5.41) is 26.8. The predicted octanol–water partition coefficient (Wildman–Crippen LogP) is 4.00. The molecule has 0 bridgehead atoms. The summed E-state index contributed by atoms with van der Waals surface area (Å²) in [6, 6.07) is 0. The molecule has 8 heteroatoms. The number of hydrogen-bond donors (Lipinski definition) is 4. The smallest absolute Gasteiger partial charge is 0.170 e. The number of ether oxygens (including phenoxy) is 4. The lowest BCUT2D eigenvalue weighted by molar-refractivity contribution is -0.233. The van der Waals surface area contributed by atoms with Crippen LogP contribution in [0.4, 0.5) is 0 Å².